The summed E-state index contributed by atoms with van der Waals surface area (Å²) in [7, 11) is 7.65. The molecule has 24 heteroatoms. The third-order valence-electron chi connectivity index (χ3n) is 14.3. The first kappa shape index (κ1) is 60.4. The number of carboxylic acid groups (broad SMARTS) is 1. The molecule has 14 atom stereocenters. The van der Waals surface area contributed by atoms with Crippen LogP contribution in [0.5, 0.6) is 0 Å². The summed E-state index contributed by atoms with van der Waals surface area (Å²) in [6, 6.07) is 15.8. The van der Waals surface area contributed by atoms with Crippen LogP contribution in [-0.2, 0) is 33.2 Å². The Morgan fingerprint density at radius 2 is 1.32 bits per heavy atom. The van der Waals surface area contributed by atoms with Crippen molar-refractivity contribution >= 4 is 34.4 Å². The summed E-state index contributed by atoms with van der Waals surface area (Å²) in [5.41, 5.74) is 3.06. The SMILES string of the molecule is CN(C)c1ccc2c(-c3ccc(C(=O)NCCNC(=O)CCCCCCCCO[C@@H]4O[C@H](CO)[C@@H](O[C@@H]5O[C@H](CO)[C@H](O[C@@H]6C[C@@H](O)[C@@H](O)[C@@H](CO)O6)[C@H](O)[C@H]5O)[C@H](O)[C@H]4O)cc3C(=O)[O-])c3ccc(=[N+](C)C)cc-3oc2c1. The van der Waals surface area contributed by atoms with E-state index in [1.165, 1.54) is 6.07 Å². The fourth-order valence-electron chi connectivity index (χ4n) is 9.82. The zero-order valence-corrected chi connectivity index (χ0v) is 44.1. The number of aliphatic hydroxyl groups excluding tert-OH is 9. The minimum atomic E-state index is -1.86. The number of nitrogens with zero attached hydrogens (tertiary/aromatic N) is 2. The van der Waals surface area contributed by atoms with Gasteiger partial charge in [-0.05, 0) is 48.7 Å². The third-order valence-corrected chi connectivity index (χ3v) is 14.3. The minimum absolute atomic E-state index is 0.102. The summed E-state index contributed by atoms with van der Waals surface area (Å²) >= 11 is 0. The topological polar surface area (TPSA) is 355 Å². The number of nitrogens with one attached hydrogen (secondary N) is 2. The summed E-state index contributed by atoms with van der Waals surface area (Å²) < 4.78 is 42.3. The van der Waals surface area contributed by atoms with Gasteiger partial charge in [0, 0.05) is 92.1 Å². The third kappa shape index (κ3) is 14.4. The number of rotatable bonds is 24. The molecule has 7 rings (SSSR count). The molecule has 0 aromatic heterocycles. The van der Waals surface area contributed by atoms with Crippen LogP contribution in [0.2, 0.25) is 0 Å². The van der Waals surface area contributed by atoms with E-state index in [1.807, 2.05) is 74.1 Å². The van der Waals surface area contributed by atoms with Gasteiger partial charge in [0.2, 0.25) is 11.3 Å². The molecule has 0 unspecified atom stereocenters. The zero-order chi connectivity index (χ0) is 56.4. The van der Waals surface area contributed by atoms with Gasteiger partial charge in [-0.25, -0.2) is 4.58 Å². The number of carboxylic acids is 1. The van der Waals surface area contributed by atoms with Crippen LogP contribution in [0.4, 0.5) is 5.69 Å². The van der Waals surface area contributed by atoms with Gasteiger partial charge in [-0.1, -0.05) is 31.7 Å². The molecule has 4 heterocycles. The van der Waals surface area contributed by atoms with Gasteiger partial charge in [0.05, 0.1) is 38.0 Å². The Labute approximate surface area is 450 Å². The molecule has 78 heavy (non-hydrogen) atoms. The number of anilines is 1. The number of unbranched alkanes of at least 4 members (excludes halogenated alkanes) is 5. The maximum Gasteiger partial charge on any atom is 0.251 e. The Hall–Kier alpha value is -5.26. The van der Waals surface area contributed by atoms with Gasteiger partial charge in [-0.15, -0.1) is 0 Å². The summed E-state index contributed by atoms with van der Waals surface area (Å²) in [5, 5.41) is 113. The maximum atomic E-state index is 13.2. The molecule has 24 nitrogen and oxygen atoms in total. The zero-order valence-electron chi connectivity index (χ0n) is 44.1. The number of ether oxygens (including phenoxy) is 6. The predicted octanol–water partition coefficient (Wildman–Crippen LogP) is -2.26. The van der Waals surface area contributed by atoms with Crippen LogP contribution < -0.4 is 30.6 Å². The van der Waals surface area contributed by atoms with Crippen LogP contribution in [0.25, 0.3) is 33.4 Å². The first-order valence-electron chi connectivity index (χ1n) is 26.2. The van der Waals surface area contributed by atoms with E-state index >= 15 is 0 Å². The van der Waals surface area contributed by atoms with Gasteiger partial charge in [0.1, 0.15) is 86.5 Å². The fourth-order valence-corrected chi connectivity index (χ4v) is 9.82. The van der Waals surface area contributed by atoms with Crippen LogP contribution in [-0.4, -0.2) is 217 Å². The lowest BCUT2D eigenvalue weighted by Gasteiger charge is -2.47. The van der Waals surface area contributed by atoms with Crippen molar-refractivity contribution in [2.24, 2.45) is 0 Å². The van der Waals surface area contributed by atoms with Gasteiger partial charge >= 0.3 is 0 Å². The molecule has 0 spiro atoms. The summed E-state index contributed by atoms with van der Waals surface area (Å²) in [4.78, 5) is 40.4. The minimum Gasteiger partial charge on any atom is -0.545 e. The highest BCUT2D eigenvalue weighted by molar-refractivity contribution is 6.09. The van der Waals surface area contributed by atoms with Crippen LogP contribution in [0.1, 0.15) is 72.1 Å². The first-order valence-corrected chi connectivity index (χ1v) is 26.2. The number of hydrogen-bond donors (Lipinski definition) is 11. The van der Waals surface area contributed by atoms with Crippen molar-refractivity contribution in [2.45, 2.75) is 137 Å². The Bertz CT molecular complexity index is 2680. The van der Waals surface area contributed by atoms with E-state index < -0.39 is 118 Å². The standard InChI is InChI=1S/C54H74N4O20/c1-57(2)29-13-16-32-36(22-29)73-37-23-30(58(3)4)14-17-33(37)43(32)31-15-12-28(21-34(31)52(70)71)51(69)56-19-18-55-41(63)11-9-7-5-6-8-10-20-72-53-47(67)45(65)50(40(27-61)75-53)78-54-48(68)46(66)49(39(26-60)76-54)77-42-24-35(62)44(64)38(25-59)74-42/h12-17,21-23,35,38-40,42,44-50,53-54,59-62,64-68H,5-11,18-20,24-27H2,1-4H3,(H2-,55,56,63,69,70,71)/t35-,38-,39-,40-,42-,44-,45-,46-,47-,48-,49+,50-,53-,54+/m1/s1. The molecular formula is C54H74N4O20. The molecule has 430 valence electrons. The number of fused-ring (bicyclic) bond motifs is 2. The largest absolute Gasteiger partial charge is 0.545 e. The van der Waals surface area contributed by atoms with Crippen LogP contribution in [0.15, 0.2) is 59.0 Å². The van der Waals surface area contributed by atoms with Crippen molar-refractivity contribution in [2.75, 3.05) is 72.6 Å². The summed E-state index contributed by atoms with van der Waals surface area (Å²) in [6.45, 7) is -1.73. The smallest absolute Gasteiger partial charge is 0.251 e. The Morgan fingerprint density at radius 3 is 1.99 bits per heavy atom. The molecule has 3 fully saturated rings. The van der Waals surface area contributed by atoms with E-state index in [1.54, 1.807) is 12.1 Å². The molecule has 11 N–H and O–H groups in total. The maximum absolute atomic E-state index is 13.2. The molecule has 2 amide bonds. The molecule has 1 aliphatic carbocycles. The van der Waals surface area contributed by atoms with Gasteiger partial charge in [-0.2, -0.15) is 0 Å². The highest BCUT2D eigenvalue weighted by atomic mass is 16.8. The van der Waals surface area contributed by atoms with Crippen molar-refractivity contribution in [3.63, 3.8) is 0 Å². The average Bonchev–Trinajstić information content (AvgIpc) is 3.43. The van der Waals surface area contributed by atoms with Gasteiger partial charge in [0.15, 0.2) is 18.9 Å². The summed E-state index contributed by atoms with van der Waals surface area (Å²) in [6.07, 6.45) is -16.6. The van der Waals surface area contributed by atoms with Crippen molar-refractivity contribution in [3.05, 3.63) is 71.1 Å². The molecule has 2 aromatic carbocycles. The summed E-state index contributed by atoms with van der Waals surface area (Å²) in [5.74, 6) is -1.61. The van der Waals surface area contributed by atoms with Crippen LogP contribution in [0.3, 0.4) is 0 Å². The lowest BCUT2D eigenvalue weighted by molar-refractivity contribution is -0.372. The van der Waals surface area contributed by atoms with E-state index in [0.717, 1.165) is 36.7 Å². The van der Waals surface area contributed by atoms with Crippen LogP contribution >= 0.6 is 0 Å². The van der Waals surface area contributed by atoms with Crippen molar-refractivity contribution in [3.8, 4) is 22.5 Å². The number of hydrogen-bond acceptors (Lipinski definition) is 21. The van der Waals surface area contributed by atoms with Crippen molar-refractivity contribution in [1.29, 1.82) is 0 Å². The molecule has 2 aromatic rings. The number of aromatic carboxylic acids is 1. The van der Waals surface area contributed by atoms with E-state index in [-0.39, 0.29) is 49.6 Å². The second-order valence-corrected chi connectivity index (χ2v) is 20.2. The normalized spacial score (nSPS) is 28.4. The van der Waals surface area contributed by atoms with Gasteiger partial charge in [0.25, 0.3) is 5.91 Å². The number of aliphatic hydroxyl groups is 9. The second-order valence-electron chi connectivity index (χ2n) is 20.2. The molecular weight excluding hydrogens is 1020 g/mol. The number of carbonyl (C=O) groups is 3. The molecule has 0 saturated carbocycles. The van der Waals surface area contributed by atoms with Crippen molar-refractivity contribution in [1.82, 2.24) is 15.2 Å². The molecule has 0 radical (unpaired) electrons. The van der Waals surface area contributed by atoms with E-state index in [0.29, 0.717) is 46.3 Å². The molecule has 0 bridgehead atoms. The van der Waals surface area contributed by atoms with Gasteiger partial charge in [-0.3, -0.25) is 9.59 Å². The van der Waals surface area contributed by atoms with Crippen LogP contribution in [0, 0.1) is 0 Å². The monoisotopic (exact) mass is 1100 g/mol. The lowest BCUT2D eigenvalue weighted by Crippen LogP contribution is -2.65. The van der Waals surface area contributed by atoms with Crippen molar-refractivity contribution < 1.29 is 98.3 Å². The first-order chi connectivity index (χ1) is 37.3. The highest BCUT2D eigenvalue weighted by Crippen LogP contribution is 2.42. The predicted molar refractivity (Wildman–Crippen MR) is 275 cm³/mol. The Balaban J connectivity index is 0.793. The Kier molecular flexibility index (Phi) is 21.5. The quantitative estimate of drug-likeness (QED) is 0.0200. The number of carbonyl (C=O) groups excluding carboxylic acids is 3. The molecule has 5 aliphatic rings. The molecule has 3 saturated heterocycles. The number of amides is 2. The number of benzene rings is 3. The molecule has 4 aliphatic heterocycles. The van der Waals surface area contributed by atoms with E-state index in [2.05, 4.69) is 10.6 Å². The highest BCUT2D eigenvalue weighted by Gasteiger charge is 2.52. The van der Waals surface area contributed by atoms with E-state index in [9.17, 15) is 65.4 Å². The fraction of sp³-hybridized carbons (Fsp3) is 0.593. The lowest BCUT2D eigenvalue weighted by atomic mass is 9.89. The van der Waals surface area contributed by atoms with Gasteiger partial charge < -0.3 is 104 Å². The second kappa shape index (κ2) is 27.8. The van der Waals surface area contributed by atoms with E-state index in [4.69, 9.17) is 32.8 Å². The Morgan fingerprint density at radius 1 is 0.692 bits per heavy atom. The average molecular weight is 1100 g/mol.